The summed E-state index contributed by atoms with van der Waals surface area (Å²) in [4.78, 5) is 21.8. The Morgan fingerprint density at radius 3 is 2.50 bits per heavy atom. The molecule has 6 nitrogen and oxygen atoms in total. The Morgan fingerprint density at radius 2 is 1.83 bits per heavy atom. The molecule has 0 N–H and O–H groups in total. The number of methoxy groups -OCH3 is 1. The van der Waals surface area contributed by atoms with Gasteiger partial charge in [0.2, 0.25) is 5.91 Å². The smallest absolute Gasteiger partial charge is 0.227 e. The molecular formula is C23H27N3O3S. The van der Waals surface area contributed by atoms with Crippen LogP contribution in [0.3, 0.4) is 0 Å². The molecule has 3 aromatic rings. The molecular weight excluding hydrogens is 398 g/mol. The number of hydrogen-bond acceptors (Lipinski definition) is 6. The van der Waals surface area contributed by atoms with Gasteiger partial charge in [-0.3, -0.25) is 4.79 Å². The number of thiazole rings is 1. The van der Waals surface area contributed by atoms with Gasteiger partial charge in [0.1, 0.15) is 17.0 Å². The van der Waals surface area contributed by atoms with E-state index in [1.807, 2.05) is 42.2 Å². The van der Waals surface area contributed by atoms with Crippen LogP contribution >= 0.6 is 11.3 Å². The lowest BCUT2D eigenvalue weighted by atomic mass is 10.1. The number of amides is 1. The van der Waals surface area contributed by atoms with Crippen molar-refractivity contribution in [2.75, 3.05) is 44.8 Å². The highest BCUT2D eigenvalue weighted by Crippen LogP contribution is 2.36. The van der Waals surface area contributed by atoms with Crippen molar-refractivity contribution in [2.45, 2.75) is 20.3 Å². The van der Waals surface area contributed by atoms with E-state index in [1.54, 1.807) is 18.4 Å². The van der Waals surface area contributed by atoms with Crippen LogP contribution in [0.4, 0.5) is 5.13 Å². The topological polar surface area (TPSA) is 54.9 Å². The van der Waals surface area contributed by atoms with Crippen molar-refractivity contribution in [1.82, 2.24) is 9.88 Å². The lowest BCUT2D eigenvalue weighted by molar-refractivity contribution is -0.130. The fourth-order valence-electron chi connectivity index (χ4n) is 3.70. The minimum Gasteiger partial charge on any atom is -0.494 e. The van der Waals surface area contributed by atoms with Gasteiger partial charge in [-0.1, -0.05) is 29.5 Å². The standard InChI is InChI=1S/C23H27N3O3S/c1-4-29-18-8-6-17(7-9-18)15-20(27)25-11-13-26(14-12-25)23-24-21-19(28-3)10-5-16(2)22(21)30-23/h5-10H,4,11-15H2,1-3H3. The molecule has 1 aliphatic rings. The summed E-state index contributed by atoms with van der Waals surface area (Å²) >= 11 is 1.70. The number of ether oxygens (including phenoxy) is 2. The number of carbonyl (C=O) groups is 1. The second-order valence-corrected chi connectivity index (χ2v) is 8.36. The molecule has 2 aromatic carbocycles. The zero-order chi connectivity index (χ0) is 21.1. The van der Waals surface area contributed by atoms with Crippen molar-refractivity contribution in [1.29, 1.82) is 0 Å². The van der Waals surface area contributed by atoms with Crippen LogP contribution in [0, 0.1) is 6.92 Å². The molecule has 7 heteroatoms. The van der Waals surface area contributed by atoms with Gasteiger partial charge in [-0.25, -0.2) is 4.98 Å². The number of nitrogens with zero attached hydrogens (tertiary/aromatic N) is 3. The Kier molecular flexibility index (Phi) is 6.08. The second kappa shape index (κ2) is 8.92. The zero-order valence-electron chi connectivity index (χ0n) is 17.7. The van der Waals surface area contributed by atoms with Gasteiger partial charge in [-0.2, -0.15) is 0 Å². The molecule has 0 bridgehead atoms. The summed E-state index contributed by atoms with van der Waals surface area (Å²) in [5.41, 5.74) is 3.14. The summed E-state index contributed by atoms with van der Waals surface area (Å²) in [7, 11) is 1.68. The maximum atomic E-state index is 12.7. The predicted molar refractivity (Wildman–Crippen MR) is 121 cm³/mol. The molecule has 2 heterocycles. The van der Waals surface area contributed by atoms with Crippen molar-refractivity contribution in [3.05, 3.63) is 47.5 Å². The number of hydrogen-bond donors (Lipinski definition) is 0. The van der Waals surface area contributed by atoms with Crippen LogP contribution < -0.4 is 14.4 Å². The Labute approximate surface area is 181 Å². The minimum absolute atomic E-state index is 0.167. The van der Waals surface area contributed by atoms with Crippen molar-refractivity contribution < 1.29 is 14.3 Å². The van der Waals surface area contributed by atoms with E-state index in [9.17, 15) is 4.79 Å². The molecule has 4 rings (SSSR count). The van der Waals surface area contributed by atoms with Gasteiger partial charge < -0.3 is 19.3 Å². The minimum atomic E-state index is 0.167. The fraction of sp³-hybridized carbons (Fsp3) is 0.391. The number of anilines is 1. The molecule has 0 atom stereocenters. The summed E-state index contributed by atoms with van der Waals surface area (Å²) in [5.74, 6) is 1.81. The van der Waals surface area contributed by atoms with Gasteiger partial charge >= 0.3 is 0 Å². The quantitative estimate of drug-likeness (QED) is 0.600. The molecule has 1 amide bonds. The normalized spacial score (nSPS) is 14.2. The Balaban J connectivity index is 1.38. The third kappa shape index (κ3) is 4.21. The molecule has 1 aliphatic heterocycles. The Hall–Kier alpha value is -2.80. The SMILES string of the molecule is CCOc1ccc(CC(=O)N2CCN(c3nc4c(OC)ccc(C)c4s3)CC2)cc1. The number of benzene rings is 2. The van der Waals surface area contributed by atoms with Gasteiger partial charge in [0, 0.05) is 26.2 Å². The molecule has 1 aromatic heterocycles. The summed E-state index contributed by atoms with van der Waals surface area (Å²) in [5, 5.41) is 0.996. The van der Waals surface area contributed by atoms with Crippen LogP contribution in [-0.2, 0) is 11.2 Å². The third-order valence-electron chi connectivity index (χ3n) is 5.40. The highest BCUT2D eigenvalue weighted by atomic mass is 32.1. The van der Waals surface area contributed by atoms with E-state index < -0.39 is 0 Å². The lowest BCUT2D eigenvalue weighted by Gasteiger charge is -2.34. The molecule has 30 heavy (non-hydrogen) atoms. The molecule has 1 fully saturated rings. The van der Waals surface area contributed by atoms with E-state index in [1.165, 1.54) is 10.3 Å². The largest absolute Gasteiger partial charge is 0.494 e. The molecule has 158 valence electrons. The maximum absolute atomic E-state index is 12.7. The number of aryl methyl sites for hydroxylation is 1. The van der Waals surface area contributed by atoms with E-state index >= 15 is 0 Å². The number of carbonyl (C=O) groups excluding carboxylic acids is 1. The van der Waals surface area contributed by atoms with Gasteiger partial charge in [0.15, 0.2) is 5.13 Å². The first-order valence-corrected chi connectivity index (χ1v) is 11.1. The van der Waals surface area contributed by atoms with Crippen molar-refractivity contribution in [3.8, 4) is 11.5 Å². The summed E-state index contributed by atoms with van der Waals surface area (Å²) in [6.45, 7) is 7.70. The van der Waals surface area contributed by atoms with Crippen LogP contribution in [0.2, 0.25) is 0 Å². The average molecular weight is 426 g/mol. The molecule has 0 spiro atoms. The van der Waals surface area contributed by atoms with Gasteiger partial charge in [0.25, 0.3) is 0 Å². The van der Waals surface area contributed by atoms with E-state index in [-0.39, 0.29) is 5.91 Å². The number of piperazine rings is 1. The van der Waals surface area contributed by atoms with Crippen LogP contribution in [0.15, 0.2) is 36.4 Å². The summed E-state index contributed by atoms with van der Waals surface area (Å²) < 4.78 is 12.1. The molecule has 0 aliphatic carbocycles. The van der Waals surface area contributed by atoms with Gasteiger partial charge in [-0.15, -0.1) is 0 Å². The first kappa shape index (κ1) is 20.5. The van der Waals surface area contributed by atoms with Gasteiger partial charge in [0.05, 0.1) is 24.8 Å². The molecule has 0 radical (unpaired) electrons. The van der Waals surface area contributed by atoms with Crippen LogP contribution in [0.25, 0.3) is 10.2 Å². The van der Waals surface area contributed by atoms with E-state index in [0.717, 1.165) is 40.8 Å². The second-order valence-electron chi connectivity index (χ2n) is 7.38. The van der Waals surface area contributed by atoms with Crippen LogP contribution in [0.5, 0.6) is 11.5 Å². The molecule has 0 unspecified atom stereocenters. The van der Waals surface area contributed by atoms with E-state index in [4.69, 9.17) is 14.5 Å². The summed E-state index contributed by atoms with van der Waals surface area (Å²) in [6.07, 6.45) is 0.421. The Bertz CT molecular complexity index is 1020. The van der Waals surface area contributed by atoms with Crippen molar-refractivity contribution in [3.63, 3.8) is 0 Å². The fourth-order valence-corrected chi connectivity index (χ4v) is 4.81. The predicted octanol–water partition coefficient (Wildman–Crippen LogP) is 3.90. The number of fused-ring (bicyclic) bond motifs is 1. The Morgan fingerprint density at radius 1 is 1.10 bits per heavy atom. The van der Waals surface area contributed by atoms with Crippen LogP contribution in [0.1, 0.15) is 18.1 Å². The summed E-state index contributed by atoms with van der Waals surface area (Å²) in [6, 6.07) is 11.8. The number of rotatable bonds is 6. The molecule has 0 saturated carbocycles. The highest BCUT2D eigenvalue weighted by molar-refractivity contribution is 7.22. The van der Waals surface area contributed by atoms with Gasteiger partial charge in [-0.05, 0) is 43.2 Å². The molecule has 1 saturated heterocycles. The lowest BCUT2D eigenvalue weighted by Crippen LogP contribution is -2.49. The maximum Gasteiger partial charge on any atom is 0.227 e. The monoisotopic (exact) mass is 425 g/mol. The first-order chi connectivity index (χ1) is 14.6. The van der Waals surface area contributed by atoms with Crippen molar-refractivity contribution in [2.24, 2.45) is 0 Å². The third-order valence-corrected chi connectivity index (χ3v) is 6.66. The average Bonchev–Trinajstić information content (AvgIpc) is 3.22. The van der Waals surface area contributed by atoms with Crippen molar-refractivity contribution >= 4 is 32.6 Å². The van der Waals surface area contributed by atoms with E-state index in [0.29, 0.717) is 26.1 Å². The zero-order valence-corrected chi connectivity index (χ0v) is 18.5. The highest BCUT2D eigenvalue weighted by Gasteiger charge is 2.24. The first-order valence-electron chi connectivity index (χ1n) is 10.3. The van der Waals surface area contributed by atoms with Crippen LogP contribution in [-0.4, -0.2) is 55.7 Å². The number of aromatic nitrogens is 1. The van der Waals surface area contributed by atoms with E-state index in [2.05, 4.69) is 17.9 Å².